The SMILES string of the molecule is Cc1ccc(NC(=O)c2nc(S(=O)[O-])oc2-c2ccc(F)cc2)cc1Nc1ccc2ncn(C)c(=O)c2c1. The second-order valence-electron chi connectivity index (χ2n) is 8.40. The Morgan fingerprint density at radius 2 is 1.82 bits per heavy atom. The van der Waals surface area contributed by atoms with E-state index in [1.807, 2.05) is 6.92 Å². The Kier molecular flexibility index (Phi) is 6.57. The van der Waals surface area contributed by atoms with Crippen LogP contribution in [0.5, 0.6) is 0 Å². The molecule has 1 atom stereocenters. The summed E-state index contributed by atoms with van der Waals surface area (Å²) in [6.45, 7) is 1.87. The number of hydrogen-bond acceptors (Lipinski definition) is 8. The number of anilines is 3. The maximum atomic E-state index is 13.4. The van der Waals surface area contributed by atoms with Gasteiger partial charge in [-0.15, -0.1) is 0 Å². The van der Waals surface area contributed by atoms with E-state index >= 15 is 0 Å². The van der Waals surface area contributed by atoms with Gasteiger partial charge in [-0.2, -0.15) is 4.98 Å². The summed E-state index contributed by atoms with van der Waals surface area (Å²) in [5, 5.41) is 5.72. The smallest absolute Gasteiger partial charge is 0.278 e. The lowest BCUT2D eigenvalue weighted by Gasteiger charge is -2.13. The molecule has 0 saturated carbocycles. The standard InChI is InChI=1S/C26H20FN5O5S/c1-14-3-8-18(12-21(14)29-17-9-10-20-19(11-17)25(34)32(2)13-28-20)30-24(33)22-23(37-26(31-22)38(35)36)15-4-6-16(27)7-5-15/h3-13,29H,1-2H3,(H,30,33)(H,35,36)/p-1. The Morgan fingerprint density at radius 1 is 1.08 bits per heavy atom. The zero-order valence-corrected chi connectivity index (χ0v) is 20.8. The van der Waals surface area contributed by atoms with Crippen LogP contribution >= 0.6 is 0 Å². The largest absolute Gasteiger partial charge is 0.765 e. The number of carbonyl (C=O) groups excluding carboxylic acids is 1. The lowest BCUT2D eigenvalue weighted by atomic mass is 10.1. The molecule has 1 amide bonds. The first-order chi connectivity index (χ1) is 18.2. The van der Waals surface area contributed by atoms with Crippen molar-refractivity contribution in [2.24, 2.45) is 7.05 Å². The van der Waals surface area contributed by atoms with E-state index in [0.717, 1.165) is 17.7 Å². The predicted molar refractivity (Wildman–Crippen MR) is 138 cm³/mol. The fraction of sp³-hybridized carbons (Fsp3) is 0.0769. The van der Waals surface area contributed by atoms with Crippen LogP contribution in [-0.2, 0) is 18.1 Å². The van der Waals surface area contributed by atoms with Crippen molar-refractivity contribution in [1.82, 2.24) is 14.5 Å². The van der Waals surface area contributed by atoms with E-state index in [1.165, 1.54) is 23.0 Å². The first-order valence-corrected chi connectivity index (χ1v) is 12.3. The predicted octanol–water partition coefficient (Wildman–Crippen LogP) is 4.27. The number of carbonyl (C=O) groups is 1. The Balaban J connectivity index is 1.44. The summed E-state index contributed by atoms with van der Waals surface area (Å²) < 4.78 is 42.9. The molecule has 0 spiro atoms. The van der Waals surface area contributed by atoms with E-state index in [2.05, 4.69) is 20.6 Å². The minimum absolute atomic E-state index is 0.112. The van der Waals surface area contributed by atoms with Gasteiger partial charge in [-0.1, -0.05) is 6.07 Å². The quantitative estimate of drug-likeness (QED) is 0.309. The third-order valence-electron chi connectivity index (χ3n) is 5.76. The van der Waals surface area contributed by atoms with Crippen molar-refractivity contribution in [3.8, 4) is 11.3 Å². The van der Waals surface area contributed by atoms with Crippen LogP contribution in [0.2, 0.25) is 0 Å². The summed E-state index contributed by atoms with van der Waals surface area (Å²) in [6, 6.07) is 15.4. The monoisotopic (exact) mass is 532 g/mol. The molecule has 0 aliphatic rings. The van der Waals surface area contributed by atoms with Crippen LogP contribution in [0, 0.1) is 12.7 Å². The number of oxazole rings is 1. The van der Waals surface area contributed by atoms with E-state index in [9.17, 15) is 22.7 Å². The first-order valence-electron chi connectivity index (χ1n) is 11.2. The molecule has 10 nitrogen and oxygen atoms in total. The molecular weight excluding hydrogens is 513 g/mol. The van der Waals surface area contributed by atoms with Crippen LogP contribution in [0.15, 0.2) is 81.4 Å². The van der Waals surface area contributed by atoms with E-state index in [-0.39, 0.29) is 22.6 Å². The topological polar surface area (TPSA) is 142 Å². The summed E-state index contributed by atoms with van der Waals surface area (Å²) in [6.07, 6.45) is 1.46. The van der Waals surface area contributed by atoms with Crippen molar-refractivity contribution in [3.05, 3.63) is 94.4 Å². The zero-order valence-electron chi connectivity index (χ0n) is 20.0. The van der Waals surface area contributed by atoms with Gasteiger partial charge in [0.1, 0.15) is 5.82 Å². The molecule has 12 heteroatoms. The van der Waals surface area contributed by atoms with Crippen LogP contribution in [-0.4, -0.2) is 29.2 Å². The Bertz CT molecular complexity index is 1780. The van der Waals surface area contributed by atoms with Crippen molar-refractivity contribution in [1.29, 1.82) is 0 Å². The number of nitrogens with zero attached hydrogens (tertiary/aromatic N) is 3. The molecule has 38 heavy (non-hydrogen) atoms. The summed E-state index contributed by atoms with van der Waals surface area (Å²) in [5.41, 5.74) is 2.94. The van der Waals surface area contributed by atoms with Crippen LogP contribution in [0.3, 0.4) is 0 Å². The molecule has 5 rings (SSSR count). The van der Waals surface area contributed by atoms with Gasteiger partial charge in [0.2, 0.25) is 0 Å². The van der Waals surface area contributed by atoms with Crippen LogP contribution in [0.25, 0.3) is 22.2 Å². The molecule has 0 radical (unpaired) electrons. The Morgan fingerprint density at radius 3 is 2.55 bits per heavy atom. The van der Waals surface area contributed by atoms with Crippen molar-refractivity contribution in [2.45, 2.75) is 12.1 Å². The highest BCUT2D eigenvalue weighted by molar-refractivity contribution is 7.78. The second-order valence-corrected chi connectivity index (χ2v) is 9.22. The van der Waals surface area contributed by atoms with E-state index in [0.29, 0.717) is 28.0 Å². The van der Waals surface area contributed by atoms with Gasteiger partial charge >= 0.3 is 0 Å². The third kappa shape index (κ3) is 4.94. The number of fused-ring (bicyclic) bond motifs is 1. The Labute approximate surface area is 217 Å². The van der Waals surface area contributed by atoms with Crippen molar-refractivity contribution in [2.75, 3.05) is 10.6 Å². The summed E-state index contributed by atoms with van der Waals surface area (Å²) >= 11 is -2.82. The number of nitrogens with one attached hydrogen (secondary N) is 2. The molecular formula is C26H19FN5O5S-. The molecule has 1 unspecified atom stereocenters. The average Bonchev–Trinajstić information content (AvgIpc) is 3.35. The van der Waals surface area contributed by atoms with Gasteiger partial charge in [-0.05, 0) is 67.1 Å². The van der Waals surface area contributed by atoms with Crippen LogP contribution in [0.4, 0.5) is 21.5 Å². The minimum Gasteiger partial charge on any atom is -0.765 e. The van der Waals surface area contributed by atoms with Crippen LogP contribution < -0.4 is 16.2 Å². The van der Waals surface area contributed by atoms with Crippen molar-refractivity contribution < 1.29 is 22.4 Å². The zero-order chi connectivity index (χ0) is 27.0. The molecule has 3 aromatic carbocycles. The average molecular weight is 533 g/mol. The van der Waals surface area contributed by atoms with Gasteiger partial charge in [0, 0.05) is 40.8 Å². The molecule has 2 aromatic heterocycles. The third-order valence-corrected chi connectivity index (χ3v) is 6.22. The summed E-state index contributed by atoms with van der Waals surface area (Å²) in [4.78, 5) is 33.6. The molecule has 0 fully saturated rings. The van der Waals surface area contributed by atoms with E-state index < -0.39 is 28.0 Å². The van der Waals surface area contributed by atoms with Gasteiger partial charge in [-0.3, -0.25) is 13.8 Å². The van der Waals surface area contributed by atoms with E-state index in [4.69, 9.17) is 4.42 Å². The lowest BCUT2D eigenvalue weighted by Crippen LogP contribution is -2.16. The van der Waals surface area contributed by atoms with Gasteiger partial charge in [0.25, 0.3) is 16.7 Å². The van der Waals surface area contributed by atoms with Gasteiger partial charge in [0.15, 0.2) is 11.5 Å². The molecule has 192 valence electrons. The van der Waals surface area contributed by atoms with Crippen LogP contribution in [0.1, 0.15) is 16.1 Å². The summed E-state index contributed by atoms with van der Waals surface area (Å²) in [5.74, 6) is -1.34. The van der Waals surface area contributed by atoms with Gasteiger partial charge in [0.05, 0.1) is 17.2 Å². The molecule has 0 bridgehead atoms. The fourth-order valence-electron chi connectivity index (χ4n) is 3.79. The van der Waals surface area contributed by atoms with Gasteiger partial charge in [-0.25, -0.2) is 9.37 Å². The summed E-state index contributed by atoms with van der Waals surface area (Å²) in [7, 11) is 1.62. The molecule has 2 N–H and O–H groups in total. The number of aromatic nitrogens is 3. The number of amides is 1. The number of rotatable bonds is 6. The number of aryl methyl sites for hydroxylation is 2. The molecule has 0 aliphatic heterocycles. The van der Waals surface area contributed by atoms with Crippen molar-refractivity contribution in [3.63, 3.8) is 0 Å². The normalized spacial score (nSPS) is 11.9. The first kappa shape index (κ1) is 25.0. The molecule has 2 heterocycles. The highest BCUT2D eigenvalue weighted by Gasteiger charge is 2.22. The molecule has 0 aliphatic carbocycles. The highest BCUT2D eigenvalue weighted by atomic mass is 32.2. The number of hydrogen-bond donors (Lipinski definition) is 2. The van der Waals surface area contributed by atoms with E-state index in [1.54, 1.807) is 43.4 Å². The number of halogens is 1. The fourth-order valence-corrected chi connectivity index (χ4v) is 4.11. The van der Waals surface area contributed by atoms with Gasteiger partial charge < -0.3 is 24.2 Å². The van der Waals surface area contributed by atoms with Crippen molar-refractivity contribution >= 4 is 45.0 Å². The lowest BCUT2D eigenvalue weighted by molar-refractivity contribution is 0.102. The Hall–Kier alpha value is -4.68. The number of benzene rings is 3. The molecule has 5 aromatic rings. The second kappa shape index (κ2) is 10.00. The minimum atomic E-state index is -2.82. The highest BCUT2D eigenvalue weighted by Crippen LogP contribution is 2.29. The maximum Gasteiger partial charge on any atom is 0.278 e. The molecule has 0 saturated heterocycles. The maximum absolute atomic E-state index is 13.4.